The van der Waals surface area contributed by atoms with E-state index in [0.29, 0.717) is 6.54 Å². The minimum absolute atomic E-state index is 0.0777. The molecule has 0 aromatic heterocycles. The zero-order chi connectivity index (χ0) is 16.2. The summed E-state index contributed by atoms with van der Waals surface area (Å²) in [4.78, 5) is 13.1. The van der Waals surface area contributed by atoms with E-state index in [2.05, 4.69) is 26.0 Å². The zero-order valence-corrected chi connectivity index (χ0v) is 13.4. The number of carbonyl (C=O) groups is 1. The van der Waals surface area contributed by atoms with Crippen molar-refractivity contribution in [2.45, 2.75) is 25.9 Å². The largest absolute Gasteiger partial charge is 0.573 e. The molecule has 1 aromatic rings. The van der Waals surface area contributed by atoms with Gasteiger partial charge < -0.3 is 15.0 Å². The highest BCUT2D eigenvalue weighted by molar-refractivity contribution is 9.10. The van der Waals surface area contributed by atoms with Crippen LogP contribution in [0.25, 0.3) is 0 Å². The lowest BCUT2D eigenvalue weighted by atomic mass is 10.2. The van der Waals surface area contributed by atoms with Crippen LogP contribution in [0, 0.1) is 0 Å². The first-order chi connectivity index (χ1) is 9.60. The van der Waals surface area contributed by atoms with Crippen LogP contribution in [0.15, 0.2) is 22.7 Å². The molecular weight excluding hydrogens is 353 g/mol. The van der Waals surface area contributed by atoms with Crippen molar-refractivity contribution in [1.29, 1.82) is 0 Å². The minimum atomic E-state index is -4.73. The quantitative estimate of drug-likeness (QED) is 0.868. The van der Waals surface area contributed by atoms with E-state index in [1.807, 2.05) is 0 Å². The molecule has 1 atom stereocenters. The lowest BCUT2D eigenvalue weighted by Gasteiger charge is -2.18. The van der Waals surface area contributed by atoms with E-state index in [1.54, 1.807) is 21.0 Å². The molecule has 0 aliphatic rings. The molecule has 0 saturated heterocycles. The van der Waals surface area contributed by atoms with Crippen LogP contribution >= 0.6 is 15.9 Å². The van der Waals surface area contributed by atoms with Crippen LogP contribution in [-0.2, 0) is 11.3 Å². The van der Waals surface area contributed by atoms with Crippen molar-refractivity contribution in [1.82, 2.24) is 10.2 Å². The van der Waals surface area contributed by atoms with E-state index in [1.165, 1.54) is 23.1 Å². The molecule has 0 heterocycles. The van der Waals surface area contributed by atoms with Crippen molar-refractivity contribution < 1.29 is 22.7 Å². The molecule has 1 amide bonds. The van der Waals surface area contributed by atoms with Crippen LogP contribution in [0.1, 0.15) is 12.5 Å². The molecule has 0 bridgehead atoms. The Morgan fingerprint density at radius 1 is 1.43 bits per heavy atom. The van der Waals surface area contributed by atoms with Crippen LogP contribution in [0.3, 0.4) is 0 Å². The second-order valence-corrected chi connectivity index (χ2v) is 5.50. The van der Waals surface area contributed by atoms with Gasteiger partial charge in [0, 0.05) is 20.6 Å². The molecule has 1 N–H and O–H groups in total. The Labute approximate surface area is 129 Å². The molecule has 0 radical (unpaired) electrons. The van der Waals surface area contributed by atoms with Gasteiger partial charge in [0.15, 0.2) is 0 Å². The van der Waals surface area contributed by atoms with Gasteiger partial charge in [-0.15, -0.1) is 13.2 Å². The normalized spacial score (nSPS) is 12.9. The van der Waals surface area contributed by atoms with Crippen LogP contribution in [-0.4, -0.2) is 37.3 Å². The summed E-state index contributed by atoms with van der Waals surface area (Å²) in [6.07, 6.45) is -4.73. The Morgan fingerprint density at radius 3 is 2.52 bits per heavy atom. The van der Waals surface area contributed by atoms with Crippen LogP contribution in [0.5, 0.6) is 5.75 Å². The molecule has 0 saturated carbocycles. The molecule has 8 heteroatoms. The molecule has 118 valence electrons. The summed E-state index contributed by atoms with van der Waals surface area (Å²) in [5.41, 5.74) is 0.731. The Kier molecular flexibility index (Phi) is 6.03. The van der Waals surface area contributed by atoms with Crippen LogP contribution < -0.4 is 10.1 Å². The van der Waals surface area contributed by atoms with Gasteiger partial charge in [0.25, 0.3) is 0 Å². The molecule has 0 spiro atoms. The summed E-state index contributed by atoms with van der Waals surface area (Å²) in [6.45, 7) is 2.07. The van der Waals surface area contributed by atoms with Gasteiger partial charge in [0.1, 0.15) is 5.75 Å². The van der Waals surface area contributed by atoms with Gasteiger partial charge in [0.05, 0.1) is 10.5 Å². The highest BCUT2D eigenvalue weighted by Crippen LogP contribution is 2.31. The number of halogens is 4. The number of alkyl halides is 3. The summed E-state index contributed by atoms with van der Waals surface area (Å²) < 4.78 is 40.5. The molecular formula is C13H16BrF3N2O2. The van der Waals surface area contributed by atoms with Gasteiger partial charge in [-0.1, -0.05) is 6.07 Å². The second-order valence-electron chi connectivity index (χ2n) is 4.65. The Hall–Kier alpha value is -1.28. The fourth-order valence-electron chi connectivity index (χ4n) is 1.61. The topological polar surface area (TPSA) is 41.6 Å². The van der Waals surface area contributed by atoms with Crippen molar-refractivity contribution in [3.05, 3.63) is 28.2 Å². The third-order valence-electron chi connectivity index (χ3n) is 2.65. The van der Waals surface area contributed by atoms with Gasteiger partial charge in [-0.3, -0.25) is 4.79 Å². The number of likely N-dealkylation sites (N-methyl/N-ethyl adjacent to an activating group) is 1. The summed E-state index contributed by atoms with van der Waals surface area (Å²) >= 11 is 3.03. The maximum absolute atomic E-state index is 12.1. The molecule has 0 fully saturated rings. The SMILES string of the molecule is CC(NCc1ccc(OC(F)(F)F)c(Br)c1)C(=O)N(C)C. The molecule has 1 aromatic carbocycles. The zero-order valence-electron chi connectivity index (χ0n) is 11.8. The second kappa shape index (κ2) is 7.13. The first-order valence-electron chi connectivity index (χ1n) is 6.09. The number of carbonyl (C=O) groups excluding carboxylic acids is 1. The third-order valence-corrected chi connectivity index (χ3v) is 3.27. The minimum Gasteiger partial charge on any atom is -0.405 e. The molecule has 1 unspecified atom stereocenters. The standard InChI is InChI=1S/C13H16BrF3N2O2/c1-8(12(20)19(2)3)18-7-9-4-5-11(10(14)6-9)21-13(15,16)17/h4-6,8,18H,7H2,1-3H3. The number of rotatable bonds is 5. The number of ether oxygens (including phenoxy) is 1. The van der Waals surface area contributed by atoms with Gasteiger partial charge in [0.2, 0.25) is 5.91 Å². The summed E-state index contributed by atoms with van der Waals surface area (Å²) in [7, 11) is 3.31. The van der Waals surface area contributed by atoms with Crippen molar-refractivity contribution in [3.63, 3.8) is 0 Å². The molecule has 0 aliphatic carbocycles. The van der Waals surface area contributed by atoms with Gasteiger partial charge in [-0.2, -0.15) is 0 Å². The Morgan fingerprint density at radius 2 is 2.05 bits per heavy atom. The maximum Gasteiger partial charge on any atom is 0.573 e. The van der Waals surface area contributed by atoms with E-state index >= 15 is 0 Å². The van der Waals surface area contributed by atoms with Crippen molar-refractivity contribution in [2.75, 3.05) is 14.1 Å². The molecule has 1 rings (SSSR count). The van der Waals surface area contributed by atoms with Crippen molar-refractivity contribution in [3.8, 4) is 5.75 Å². The monoisotopic (exact) mass is 368 g/mol. The summed E-state index contributed by atoms with van der Waals surface area (Å²) in [5.74, 6) is -0.380. The first kappa shape index (κ1) is 17.8. The highest BCUT2D eigenvalue weighted by atomic mass is 79.9. The molecule has 4 nitrogen and oxygen atoms in total. The third kappa shape index (κ3) is 5.92. The van der Waals surface area contributed by atoms with Crippen molar-refractivity contribution in [2.24, 2.45) is 0 Å². The van der Waals surface area contributed by atoms with Gasteiger partial charge >= 0.3 is 6.36 Å². The average Bonchev–Trinajstić information content (AvgIpc) is 2.36. The van der Waals surface area contributed by atoms with E-state index in [9.17, 15) is 18.0 Å². The fraction of sp³-hybridized carbons (Fsp3) is 0.462. The summed E-state index contributed by atoms with van der Waals surface area (Å²) in [5, 5.41) is 3.00. The number of benzene rings is 1. The van der Waals surface area contributed by atoms with E-state index < -0.39 is 6.36 Å². The predicted octanol–water partition coefficient (Wildman–Crippen LogP) is 2.91. The lowest BCUT2D eigenvalue weighted by Crippen LogP contribution is -2.41. The maximum atomic E-state index is 12.1. The number of hydrogen-bond donors (Lipinski definition) is 1. The predicted molar refractivity (Wildman–Crippen MR) is 75.8 cm³/mol. The number of hydrogen-bond acceptors (Lipinski definition) is 3. The summed E-state index contributed by atoms with van der Waals surface area (Å²) in [6, 6.07) is 3.87. The Balaban J connectivity index is 2.66. The molecule has 21 heavy (non-hydrogen) atoms. The Bertz CT molecular complexity index is 507. The number of nitrogens with zero attached hydrogens (tertiary/aromatic N) is 1. The van der Waals surface area contributed by atoms with Crippen LogP contribution in [0.4, 0.5) is 13.2 Å². The highest BCUT2D eigenvalue weighted by Gasteiger charge is 2.31. The van der Waals surface area contributed by atoms with E-state index in [4.69, 9.17) is 0 Å². The fourth-order valence-corrected chi connectivity index (χ4v) is 2.11. The number of amides is 1. The number of nitrogens with one attached hydrogen (secondary N) is 1. The first-order valence-corrected chi connectivity index (χ1v) is 6.88. The van der Waals surface area contributed by atoms with Gasteiger partial charge in [-0.05, 0) is 40.5 Å². The van der Waals surface area contributed by atoms with Crippen LogP contribution in [0.2, 0.25) is 0 Å². The van der Waals surface area contributed by atoms with E-state index in [0.717, 1.165) is 5.56 Å². The smallest absolute Gasteiger partial charge is 0.405 e. The molecule has 0 aliphatic heterocycles. The van der Waals surface area contributed by atoms with E-state index in [-0.39, 0.29) is 22.2 Å². The van der Waals surface area contributed by atoms with Gasteiger partial charge in [-0.25, -0.2) is 0 Å². The average molecular weight is 369 g/mol. The lowest BCUT2D eigenvalue weighted by molar-refractivity contribution is -0.274. The van der Waals surface area contributed by atoms with Crippen molar-refractivity contribution >= 4 is 21.8 Å².